The monoisotopic (exact) mass is 323 g/mol. The van der Waals surface area contributed by atoms with Gasteiger partial charge in [-0.05, 0) is 46.1 Å². The SMILES string of the molecule is C=c1c2ccccc2c2nsc3ccc(C)c1c32.CC.CCC. The first kappa shape index (κ1) is 17.4. The summed E-state index contributed by atoms with van der Waals surface area (Å²) in [6, 6.07) is 12.7. The fraction of sp³-hybridized carbons (Fsp3) is 0.286. The molecule has 0 fully saturated rings. The van der Waals surface area contributed by atoms with Crippen LogP contribution in [0.3, 0.4) is 0 Å². The van der Waals surface area contributed by atoms with Gasteiger partial charge in [0.2, 0.25) is 0 Å². The van der Waals surface area contributed by atoms with Gasteiger partial charge in [0.25, 0.3) is 0 Å². The topological polar surface area (TPSA) is 12.9 Å². The smallest absolute Gasteiger partial charge is 0.0931 e. The lowest BCUT2D eigenvalue weighted by atomic mass is 9.97. The molecule has 0 saturated heterocycles. The quantitative estimate of drug-likeness (QED) is 0.337. The molecule has 1 aromatic heterocycles. The molecule has 0 N–H and O–H groups in total. The van der Waals surface area contributed by atoms with Crippen LogP contribution in [-0.2, 0) is 0 Å². The van der Waals surface area contributed by atoms with Crippen LogP contribution in [0.5, 0.6) is 0 Å². The molecule has 23 heavy (non-hydrogen) atoms. The molecule has 1 heterocycles. The molecule has 0 radical (unpaired) electrons. The van der Waals surface area contributed by atoms with Gasteiger partial charge < -0.3 is 0 Å². The Morgan fingerprint density at radius 3 is 2.22 bits per heavy atom. The lowest BCUT2D eigenvalue weighted by Crippen LogP contribution is -2.03. The van der Waals surface area contributed by atoms with E-state index in [0.717, 1.165) is 10.7 Å². The van der Waals surface area contributed by atoms with Crippen LogP contribution >= 0.6 is 11.5 Å². The highest BCUT2D eigenvalue weighted by atomic mass is 32.1. The molecule has 120 valence electrons. The van der Waals surface area contributed by atoms with Gasteiger partial charge in [0.05, 0.1) is 10.2 Å². The van der Waals surface area contributed by atoms with E-state index in [1.165, 1.54) is 38.2 Å². The summed E-state index contributed by atoms with van der Waals surface area (Å²) in [6.45, 7) is 14.7. The molecule has 0 unspecified atom stereocenters. The molecule has 0 aliphatic heterocycles. The van der Waals surface area contributed by atoms with Gasteiger partial charge in [-0.2, -0.15) is 4.37 Å². The lowest BCUT2D eigenvalue weighted by molar-refractivity contribution is 1.09. The Labute approximate surface area is 142 Å². The maximum absolute atomic E-state index is 4.64. The zero-order valence-electron chi connectivity index (χ0n) is 14.7. The van der Waals surface area contributed by atoms with Gasteiger partial charge in [0, 0.05) is 10.8 Å². The minimum absolute atomic E-state index is 1.12. The Bertz CT molecular complexity index is 966. The van der Waals surface area contributed by atoms with Crippen LogP contribution in [0.4, 0.5) is 0 Å². The van der Waals surface area contributed by atoms with E-state index in [1.54, 1.807) is 11.5 Å². The maximum Gasteiger partial charge on any atom is 0.0931 e. The number of benzene rings is 3. The van der Waals surface area contributed by atoms with Crippen molar-refractivity contribution in [1.29, 1.82) is 0 Å². The van der Waals surface area contributed by atoms with Crippen molar-refractivity contribution in [2.75, 3.05) is 0 Å². The molecule has 0 saturated carbocycles. The van der Waals surface area contributed by atoms with Crippen LogP contribution in [0, 0.1) is 6.92 Å². The summed E-state index contributed by atoms with van der Waals surface area (Å²) < 4.78 is 5.89. The van der Waals surface area contributed by atoms with Crippen LogP contribution in [0.15, 0.2) is 36.4 Å². The third kappa shape index (κ3) is 2.96. The summed E-state index contributed by atoms with van der Waals surface area (Å²) in [5, 5.41) is 6.11. The minimum atomic E-state index is 1.12. The van der Waals surface area contributed by atoms with Crippen molar-refractivity contribution in [3.8, 4) is 0 Å². The number of nitrogens with zero attached hydrogens (tertiary/aromatic N) is 1. The van der Waals surface area contributed by atoms with Crippen LogP contribution < -0.4 is 5.22 Å². The molecule has 0 amide bonds. The summed E-state index contributed by atoms with van der Waals surface area (Å²) in [7, 11) is 0. The standard InChI is InChI=1S/C16H11NS.C3H8.C2H6/c1-9-7-8-13-15-14(9)10(2)11-5-3-4-6-12(11)16(15)17-18-13;1-3-2;1-2/h3-8H,2H2,1H3;3H2,1-2H3;1-2H3. The number of aryl methyl sites for hydroxylation is 1. The third-order valence-corrected chi connectivity index (χ3v) is 4.47. The zero-order valence-corrected chi connectivity index (χ0v) is 15.6. The van der Waals surface area contributed by atoms with Gasteiger partial charge in [-0.15, -0.1) is 0 Å². The largest absolute Gasteiger partial charge is 0.191 e. The van der Waals surface area contributed by atoms with E-state index in [0.29, 0.717) is 0 Å². The van der Waals surface area contributed by atoms with Crippen LogP contribution in [0.25, 0.3) is 38.3 Å². The van der Waals surface area contributed by atoms with E-state index >= 15 is 0 Å². The fourth-order valence-corrected chi connectivity index (χ4v) is 3.60. The maximum atomic E-state index is 4.64. The molecule has 3 aromatic carbocycles. The minimum Gasteiger partial charge on any atom is -0.191 e. The molecule has 0 atom stereocenters. The Morgan fingerprint density at radius 1 is 0.957 bits per heavy atom. The normalized spacial score (nSPS) is 10.3. The first-order valence-electron chi connectivity index (χ1n) is 8.37. The van der Waals surface area contributed by atoms with Gasteiger partial charge in [0.1, 0.15) is 0 Å². The molecule has 0 spiro atoms. The van der Waals surface area contributed by atoms with E-state index in [4.69, 9.17) is 0 Å². The molecule has 0 bridgehead atoms. The average molecular weight is 324 g/mol. The molecule has 4 rings (SSSR count). The number of aromatic nitrogens is 1. The van der Waals surface area contributed by atoms with Crippen molar-refractivity contribution in [2.45, 2.75) is 41.0 Å². The van der Waals surface area contributed by atoms with Crippen molar-refractivity contribution in [3.63, 3.8) is 0 Å². The molecule has 4 aromatic rings. The predicted molar refractivity (Wildman–Crippen MR) is 107 cm³/mol. The van der Waals surface area contributed by atoms with E-state index in [1.807, 2.05) is 13.8 Å². The second-order valence-electron chi connectivity index (χ2n) is 5.39. The van der Waals surface area contributed by atoms with Crippen molar-refractivity contribution < 1.29 is 0 Å². The number of hydrogen-bond donors (Lipinski definition) is 0. The van der Waals surface area contributed by atoms with Gasteiger partial charge in [0.15, 0.2) is 0 Å². The van der Waals surface area contributed by atoms with Crippen molar-refractivity contribution in [2.24, 2.45) is 0 Å². The number of rotatable bonds is 0. The van der Waals surface area contributed by atoms with Gasteiger partial charge in [-0.1, -0.05) is 71.0 Å². The predicted octanol–water partition coefficient (Wildman–Crippen LogP) is 6.48. The highest BCUT2D eigenvalue weighted by molar-refractivity contribution is 7.14. The fourth-order valence-electron chi connectivity index (χ4n) is 2.80. The zero-order chi connectivity index (χ0) is 17.0. The highest BCUT2D eigenvalue weighted by Crippen LogP contribution is 2.33. The first-order chi connectivity index (χ1) is 11.2. The van der Waals surface area contributed by atoms with Crippen LogP contribution in [0.1, 0.15) is 39.7 Å². The molecule has 0 aliphatic rings. The Balaban J connectivity index is 0.000000348. The third-order valence-electron chi connectivity index (χ3n) is 3.66. The highest BCUT2D eigenvalue weighted by Gasteiger charge is 2.12. The van der Waals surface area contributed by atoms with Crippen molar-refractivity contribution in [3.05, 3.63) is 47.2 Å². The summed E-state index contributed by atoms with van der Waals surface area (Å²) in [5.41, 5.74) is 2.40. The van der Waals surface area contributed by atoms with Gasteiger partial charge >= 0.3 is 0 Å². The first-order valence-corrected chi connectivity index (χ1v) is 9.14. The van der Waals surface area contributed by atoms with E-state index < -0.39 is 0 Å². The lowest BCUT2D eigenvalue weighted by Gasteiger charge is -2.06. The van der Waals surface area contributed by atoms with E-state index in [2.05, 4.69) is 68.1 Å². The van der Waals surface area contributed by atoms with Crippen molar-refractivity contribution >= 4 is 49.9 Å². The van der Waals surface area contributed by atoms with E-state index in [-0.39, 0.29) is 0 Å². The second kappa shape index (κ2) is 7.56. The Morgan fingerprint density at radius 2 is 1.57 bits per heavy atom. The summed E-state index contributed by atoms with van der Waals surface area (Å²) in [4.78, 5) is 0. The molecule has 2 heteroatoms. The molecule has 1 nitrogen and oxygen atoms in total. The Hall–Kier alpha value is -1.93. The van der Waals surface area contributed by atoms with E-state index in [9.17, 15) is 0 Å². The van der Waals surface area contributed by atoms with Crippen LogP contribution in [-0.4, -0.2) is 4.37 Å². The molecular formula is C21H25NS. The van der Waals surface area contributed by atoms with Crippen molar-refractivity contribution in [1.82, 2.24) is 4.37 Å². The number of hydrogen-bond acceptors (Lipinski definition) is 2. The summed E-state index contributed by atoms with van der Waals surface area (Å²) >= 11 is 1.58. The molecule has 0 aliphatic carbocycles. The summed E-state index contributed by atoms with van der Waals surface area (Å²) in [6.07, 6.45) is 1.25. The average Bonchev–Trinajstić information content (AvgIpc) is 3.01. The summed E-state index contributed by atoms with van der Waals surface area (Å²) in [5.74, 6) is 0. The second-order valence-corrected chi connectivity index (χ2v) is 6.20. The Kier molecular flexibility index (Phi) is 5.73. The number of fused-ring (bicyclic) bond motifs is 2. The van der Waals surface area contributed by atoms with Crippen LogP contribution in [0.2, 0.25) is 0 Å². The molecular weight excluding hydrogens is 298 g/mol. The van der Waals surface area contributed by atoms with Gasteiger partial charge in [-0.3, -0.25) is 0 Å². The van der Waals surface area contributed by atoms with Gasteiger partial charge in [-0.25, -0.2) is 0 Å².